The number of ether oxygens (including phenoxy) is 1. The normalized spacial score (nSPS) is 60.8. The molecule has 4 unspecified atom stereocenters. The lowest BCUT2D eigenvalue weighted by molar-refractivity contribution is 0.135. The molecule has 0 N–H and O–H groups in total. The van der Waals surface area contributed by atoms with E-state index in [-0.39, 0.29) is 6.23 Å². The molecule has 46 valence electrons. The van der Waals surface area contributed by atoms with Crippen molar-refractivity contribution in [2.75, 3.05) is 0 Å². The first kappa shape index (κ1) is 4.73. The number of hydroxylamine groups is 2. The Balaban J connectivity index is 1.86. The monoisotopic (exact) mass is 115 g/mol. The summed E-state index contributed by atoms with van der Waals surface area (Å²) in [6.45, 7) is 4.05. The van der Waals surface area contributed by atoms with Crippen LogP contribution in [0.15, 0.2) is 0 Å². The summed E-state index contributed by atoms with van der Waals surface area (Å²) in [5, 5.41) is 1.87. The molecule has 3 nitrogen and oxygen atoms in total. The molecule has 2 heterocycles. The van der Waals surface area contributed by atoms with Gasteiger partial charge in [-0.05, 0) is 13.8 Å². The highest BCUT2D eigenvalue weighted by Crippen LogP contribution is 2.35. The van der Waals surface area contributed by atoms with Gasteiger partial charge < -0.3 is 4.74 Å². The summed E-state index contributed by atoms with van der Waals surface area (Å²) in [6, 6.07) is 0. The van der Waals surface area contributed by atoms with E-state index in [4.69, 9.17) is 9.57 Å². The number of epoxide rings is 1. The lowest BCUT2D eigenvalue weighted by Gasteiger charge is -1.81. The van der Waals surface area contributed by atoms with E-state index in [0.717, 1.165) is 0 Å². The second-order valence-electron chi connectivity index (χ2n) is 2.30. The molecule has 0 aromatic heterocycles. The minimum atomic E-state index is 0.269. The largest absolute Gasteiger partial charge is 0.351 e. The topological polar surface area (TPSA) is 28.1 Å². The van der Waals surface area contributed by atoms with E-state index in [1.807, 2.05) is 18.9 Å². The van der Waals surface area contributed by atoms with Crippen molar-refractivity contribution >= 4 is 0 Å². The fraction of sp³-hybridized carbons (Fsp3) is 1.00. The highest BCUT2D eigenvalue weighted by Gasteiger charge is 2.51. The van der Waals surface area contributed by atoms with Gasteiger partial charge in [-0.3, -0.25) is 4.84 Å². The summed E-state index contributed by atoms with van der Waals surface area (Å²) in [7, 11) is 0. The summed E-state index contributed by atoms with van der Waals surface area (Å²) in [6.07, 6.45) is 0.954. The molecule has 8 heavy (non-hydrogen) atoms. The zero-order chi connectivity index (χ0) is 5.72. The molecule has 0 spiro atoms. The smallest absolute Gasteiger partial charge is 0.162 e. The highest BCUT2D eigenvalue weighted by atomic mass is 16.9. The molecular weight excluding hydrogens is 106 g/mol. The van der Waals surface area contributed by atoms with Gasteiger partial charge in [-0.25, -0.2) is 0 Å². The van der Waals surface area contributed by atoms with Crippen molar-refractivity contribution in [1.29, 1.82) is 0 Å². The average molecular weight is 115 g/mol. The summed E-state index contributed by atoms with van der Waals surface area (Å²) in [5.41, 5.74) is 0. The van der Waals surface area contributed by atoms with Crippen LogP contribution in [0.3, 0.4) is 0 Å². The van der Waals surface area contributed by atoms with E-state index in [1.165, 1.54) is 0 Å². The van der Waals surface area contributed by atoms with E-state index in [1.54, 1.807) is 0 Å². The van der Waals surface area contributed by atoms with Crippen LogP contribution in [0, 0.1) is 0 Å². The van der Waals surface area contributed by atoms with Gasteiger partial charge in [0.1, 0.15) is 0 Å². The van der Waals surface area contributed by atoms with E-state index < -0.39 is 0 Å². The molecule has 0 bridgehead atoms. The maximum absolute atomic E-state index is 5.11. The minimum absolute atomic E-state index is 0.269. The van der Waals surface area contributed by atoms with Gasteiger partial charge in [0.25, 0.3) is 0 Å². The van der Waals surface area contributed by atoms with Crippen molar-refractivity contribution in [3.8, 4) is 0 Å². The van der Waals surface area contributed by atoms with Crippen molar-refractivity contribution in [2.45, 2.75) is 32.4 Å². The van der Waals surface area contributed by atoms with Crippen molar-refractivity contribution in [1.82, 2.24) is 5.06 Å². The third kappa shape index (κ3) is 0.555. The Bertz CT molecular complexity index is 103. The van der Waals surface area contributed by atoms with E-state index in [0.29, 0.717) is 12.3 Å². The molecule has 0 radical (unpaired) electrons. The van der Waals surface area contributed by atoms with Crippen molar-refractivity contribution in [3.63, 3.8) is 0 Å². The SMILES string of the molecule is CC1OC1N1OC1C. The molecule has 0 aromatic rings. The van der Waals surface area contributed by atoms with Crippen LogP contribution in [0.1, 0.15) is 13.8 Å². The van der Waals surface area contributed by atoms with Crippen LogP contribution in [0.25, 0.3) is 0 Å². The fourth-order valence-corrected chi connectivity index (χ4v) is 0.857. The maximum Gasteiger partial charge on any atom is 0.162 e. The molecule has 4 atom stereocenters. The number of hydrogen-bond acceptors (Lipinski definition) is 3. The van der Waals surface area contributed by atoms with Gasteiger partial charge in [0, 0.05) is 0 Å². The average Bonchev–Trinajstić information content (AvgIpc) is 2.47. The van der Waals surface area contributed by atoms with Gasteiger partial charge in [-0.1, -0.05) is 0 Å². The van der Waals surface area contributed by atoms with Crippen LogP contribution in [0.2, 0.25) is 0 Å². The van der Waals surface area contributed by atoms with Crippen LogP contribution in [-0.4, -0.2) is 23.6 Å². The quantitative estimate of drug-likeness (QED) is 0.461. The lowest BCUT2D eigenvalue weighted by atomic mass is 10.5. The van der Waals surface area contributed by atoms with Gasteiger partial charge in [-0.15, -0.1) is 5.06 Å². The molecule has 0 aromatic carbocycles. The Morgan fingerprint density at radius 1 is 1.38 bits per heavy atom. The van der Waals surface area contributed by atoms with E-state index >= 15 is 0 Å². The fourth-order valence-electron chi connectivity index (χ4n) is 0.857. The third-order valence-electron chi connectivity index (χ3n) is 1.52. The Morgan fingerprint density at radius 3 is 2.00 bits per heavy atom. The summed E-state index contributed by atoms with van der Waals surface area (Å²) in [5.74, 6) is 0. The molecule has 2 fully saturated rings. The van der Waals surface area contributed by atoms with Gasteiger partial charge >= 0.3 is 0 Å². The number of hydrogen-bond donors (Lipinski definition) is 0. The minimum Gasteiger partial charge on any atom is -0.351 e. The lowest BCUT2D eigenvalue weighted by Crippen LogP contribution is -2.05. The first-order chi connectivity index (χ1) is 3.79. The highest BCUT2D eigenvalue weighted by molar-refractivity contribution is 4.82. The zero-order valence-corrected chi connectivity index (χ0v) is 5.00. The number of nitrogens with zero attached hydrogens (tertiary/aromatic N) is 1. The van der Waals surface area contributed by atoms with Crippen molar-refractivity contribution in [2.24, 2.45) is 0 Å². The second-order valence-corrected chi connectivity index (χ2v) is 2.30. The molecule has 3 heteroatoms. The predicted molar refractivity (Wildman–Crippen MR) is 26.7 cm³/mol. The maximum atomic E-state index is 5.11. The second kappa shape index (κ2) is 1.23. The first-order valence-electron chi connectivity index (χ1n) is 2.89. The summed E-state index contributed by atoms with van der Waals surface area (Å²) < 4.78 is 5.11. The van der Waals surface area contributed by atoms with Crippen LogP contribution < -0.4 is 0 Å². The van der Waals surface area contributed by atoms with Crippen molar-refractivity contribution < 1.29 is 9.57 Å². The third-order valence-corrected chi connectivity index (χ3v) is 1.52. The molecule has 2 saturated heterocycles. The molecule has 2 aliphatic rings. The summed E-state index contributed by atoms with van der Waals surface area (Å²) in [4.78, 5) is 5.02. The van der Waals surface area contributed by atoms with Gasteiger partial charge in [-0.2, -0.15) is 0 Å². The Morgan fingerprint density at radius 2 is 1.88 bits per heavy atom. The zero-order valence-electron chi connectivity index (χ0n) is 5.00. The van der Waals surface area contributed by atoms with E-state index in [9.17, 15) is 0 Å². The molecule has 0 saturated carbocycles. The Hall–Kier alpha value is -0.120. The van der Waals surface area contributed by atoms with Crippen LogP contribution in [-0.2, 0) is 9.57 Å². The van der Waals surface area contributed by atoms with Crippen molar-refractivity contribution in [3.05, 3.63) is 0 Å². The predicted octanol–water partition coefficient (Wildman–Crippen LogP) is 0.324. The van der Waals surface area contributed by atoms with Crippen LogP contribution >= 0.6 is 0 Å². The molecule has 2 rings (SSSR count). The molecular formula is C5H9NO2. The molecule has 2 aliphatic heterocycles. The van der Waals surface area contributed by atoms with Gasteiger partial charge in [0.15, 0.2) is 12.5 Å². The summed E-state index contributed by atoms with van der Waals surface area (Å²) >= 11 is 0. The van der Waals surface area contributed by atoms with Gasteiger partial charge in [0.2, 0.25) is 0 Å². The van der Waals surface area contributed by atoms with Gasteiger partial charge in [0.05, 0.1) is 6.10 Å². The molecule has 0 aliphatic carbocycles. The number of rotatable bonds is 1. The standard InChI is InChI=1S/C5H9NO2/c1-3-5(7-3)6-4(2)8-6/h3-5H,1-2H3. The van der Waals surface area contributed by atoms with Crippen LogP contribution in [0.5, 0.6) is 0 Å². The van der Waals surface area contributed by atoms with E-state index in [2.05, 4.69) is 0 Å². The molecule has 0 amide bonds. The van der Waals surface area contributed by atoms with Crippen LogP contribution in [0.4, 0.5) is 0 Å². The Labute approximate surface area is 48.1 Å². The Kier molecular flexibility index (Phi) is 0.730. The first-order valence-corrected chi connectivity index (χ1v) is 2.89.